The van der Waals surface area contributed by atoms with E-state index in [0.29, 0.717) is 25.9 Å². The molecule has 8 heteroatoms. The zero-order valence-electron chi connectivity index (χ0n) is 13.3. The number of carbonyl (C=O) groups is 1. The molecule has 0 spiro atoms. The third kappa shape index (κ3) is 6.17. The predicted molar refractivity (Wildman–Crippen MR) is 95.5 cm³/mol. The van der Waals surface area contributed by atoms with Gasteiger partial charge < -0.3 is 11.1 Å². The van der Waals surface area contributed by atoms with Crippen molar-refractivity contribution < 1.29 is 4.79 Å². The van der Waals surface area contributed by atoms with Crippen molar-refractivity contribution in [3.63, 3.8) is 0 Å². The van der Waals surface area contributed by atoms with Crippen molar-refractivity contribution in [1.82, 2.24) is 20.1 Å². The minimum Gasteiger partial charge on any atom is -0.352 e. The molecule has 2 aromatic heterocycles. The van der Waals surface area contributed by atoms with Crippen LogP contribution in [0.15, 0.2) is 24.4 Å². The maximum Gasteiger partial charge on any atom is 0.220 e. The summed E-state index contributed by atoms with van der Waals surface area (Å²) in [5, 5.41) is 7.24. The summed E-state index contributed by atoms with van der Waals surface area (Å²) in [6, 6.07) is 5.86. The van der Waals surface area contributed by atoms with Gasteiger partial charge in [0.1, 0.15) is 0 Å². The smallest absolute Gasteiger partial charge is 0.220 e. The number of rotatable bonds is 6. The summed E-state index contributed by atoms with van der Waals surface area (Å²) < 4.78 is 1.80. The van der Waals surface area contributed by atoms with Gasteiger partial charge in [0, 0.05) is 24.9 Å². The van der Waals surface area contributed by atoms with E-state index in [1.54, 1.807) is 10.9 Å². The zero-order chi connectivity index (χ0) is 15.2. The summed E-state index contributed by atoms with van der Waals surface area (Å²) in [6.07, 6.45) is 2.93. The lowest BCUT2D eigenvalue weighted by Gasteiger charge is -2.07. The molecule has 2 rings (SSSR count). The summed E-state index contributed by atoms with van der Waals surface area (Å²) in [4.78, 5) is 15.9. The molecule has 3 N–H and O–H groups in total. The Morgan fingerprint density at radius 2 is 2.04 bits per heavy atom. The van der Waals surface area contributed by atoms with Crippen molar-refractivity contribution in [2.75, 3.05) is 6.54 Å². The molecule has 2 heterocycles. The van der Waals surface area contributed by atoms with E-state index in [1.807, 2.05) is 32.0 Å². The molecule has 23 heavy (non-hydrogen) atoms. The molecule has 0 atom stereocenters. The topological polar surface area (TPSA) is 85.8 Å². The van der Waals surface area contributed by atoms with Gasteiger partial charge in [-0.15, -0.1) is 24.8 Å². The number of nitrogens with zero attached hydrogens (tertiary/aromatic N) is 3. The summed E-state index contributed by atoms with van der Waals surface area (Å²) in [6.45, 7) is 4.96. The molecule has 0 aliphatic rings. The number of hydrogen-bond donors (Lipinski definition) is 2. The molecule has 0 radical (unpaired) electrons. The van der Waals surface area contributed by atoms with Gasteiger partial charge in [0.15, 0.2) is 5.82 Å². The minimum absolute atomic E-state index is 0. The molecule has 6 nitrogen and oxygen atoms in total. The van der Waals surface area contributed by atoms with Crippen molar-refractivity contribution in [2.24, 2.45) is 5.73 Å². The Labute approximate surface area is 148 Å². The van der Waals surface area contributed by atoms with E-state index in [0.717, 1.165) is 22.8 Å². The van der Waals surface area contributed by atoms with Crippen molar-refractivity contribution in [2.45, 2.75) is 33.2 Å². The monoisotopic (exact) mass is 359 g/mol. The predicted octanol–water partition coefficient (Wildman–Crippen LogP) is 2.08. The van der Waals surface area contributed by atoms with Gasteiger partial charge in [-0.2, -0.15) is 5.10 Å². The first-order valence-electron chi connectivity index (χ1n) is 7.05. The van der Waals surface area contributed by atoms with Crippen molar-refractivity contribution in [3.8, 4) is 5.82 Å². The van der Waals surface area contributed by atoms with Gasteiger partial charge in [-0.25, -0.2) is 9.67 Å². The standard InChI is InChI=1S/C15H21N5O.2ClH/c1-11-8-12(2)20(19-11)14-6-5-13(9-17-14)10-18-15(21)4-3-7-16;;/h5-6,8-9H,3-4,7,10,16H2,1-2H3,(H,18,21);2*1H. The fraction of sp³-hybridized carbons (Fsp3) is 0.400. The summed E-state index contributed by atoms with van der Waals surface area (Å²) >= 11 is 0. The number of carbonyl (C=O) groups excluding carboxylic acids is 1. The second kappa shape index (κ2) is 10.2. The fourth-order valence-corrected chi connectivity index (χ4v) is 2.06. The van der Waals surface area contributed by atoms with Gasteiger partial charge >= 0.3 is 0 Å². The number of aromatic nitrogens is 3. The molecule has 0 saturated carbocycles. The fourth-order valence-electron chi connectivity index (χ4n) is 2.06. The molecule has 1 amide bonds. The van der Waals surface area contributed by atoms with Crippen LogP contribution in [0.5, 0.6) is 0 Å². The highest BCUT2D eigenvalue weighted by Gasteiger charge is 2.05. The largest absolute Gasteiger partial charge is 0.352 e. The number of halogens is 2. The van der Waals surface area contributed by atoms with Crippen LogP contribution < -0.4 is 11.1 Å². The molecule has 2 aromatic rings. The quantitative estimate of drug-likeness (QED) is 0.826. The maximum atomic E-state index is 11.5. The normalized spacial score (nSPS) is 9.70. The first kappa shape index (κ1) is 21.4. The number of amides is 1. The van der Waals surface area contributed by atoms with Crippen LogP contribution in [0.4, 0.5) is 0 Å². The lowest BCUT2D eigenvalue weighted by atomic mass is 10.2. The zero-order valence-corrected chi connectivity index (χ0v) is 14.9. The number of aryl methyl sites for hydroxylation is 2. The average molecular weight is 360 g/mol. The van der Waals surface area contributed by atoms with E-state index in [1.165, 1.54) is 0 Å². The van der Waals surface area contributed by atoms with Crippen LogP contribution in [-0.4, -0.2) is 27.2 Å². The molecule has 0 bridgehead atoms. The minimum atomic E-state index is 0. The Bertz CT molecular complexity index is 613. The molecular weight excluding hydrogens is 337 g/mol. The van der Waals surface area contributed by atoms with Crippen molar-refractivity contribution in [3.05, 3.63) is 41.3 Å². The first-order valence-corrected chi connectivity index (χ1v) is 7.05. The number of hydrogen-bond acceptors (Lipinski definition) is 4. The van der Waals surface area contributed by atoms with E-state index in [9.17, 15) is 4.79 Å². The molecule has 0 fully saturated rings. The molecule has 128 valence electrons. The van der Waals surface area contributed by atoms with E-state index in [4.69, 9.17) is 5.73 Å². The third-order valence-corrected chi connectivity index (χ3v) is 3.13. The summed E-state index contributed by atoms with van der Waals surface area (Å²) in [5.74, 6) is 0.793. The molecule has 0 saturated heterocycles. The second-order valence-electron chi connectivity index (χ2n) is 5.03. The van der Waals surface area contributed by atoms with Gasteiger partial charge in [-0.1, -0.05) is 6.07 Å². The van der Waals surface area contributed by atoms with Crippen LogP contribution in [0.3, 0.4) is 0 Å². The molecule has 0 aliphatic carbocycles. The maximum absolute atomic E-state index is 11.5. The van der Waals surface area contributed by atoms with E-state index in [2.05, 4.69) is 15.4 Å². The van der Waals surface area contributed by atoms with Crippen molar-refractivity contribution >= 4 is 30.7 Å². The Balaban J connectivity index is 0.00000242. The molecule has 0 aromatic carbocycles. The SMILES string of the molecule is Cc1cc(C)n(-c2ccc(CNC(=O)CCCN)cn2)n1.Cl.Cl. The van der Waals surface area contributed by atoms with E-state index < -0.39 is 0 Å². The highest BCUT2D eigenvalue weighted by molar-refractivity contribution is 5.85. The highest BCUT2D eigenvalue weighted by Crippen LogP contribution is 2.10. The van der Waals surface area contributed by atoms with Gasteiger partial charge in [0.2, 0.25) is 5.91 Å². The molecule has 0 unspecified atom stereocenters. The number of nitrogens with two attached hydrogens (primary N) is 1. The van der Waals surface area contributed by atoms with Gasteiger partial charge in [0.25, 0.3) is 0 Å². The van der Waals surface area contributed by atoms with Crippen LogP contribution in [-0.2, 0) is 11.3 Å². The Morgan fingerprint density at radius 3 is 2.57 bits per heavy atom. The second-order valence-corrected chi connectivity index (χ2v) is 5.03. The molecular formula is C15H23Cl2N5O. The van der Waals surface area contributed by atoms with E-state index >= 15 is 0 Å². The average Bonchev–Trinajstić information content (AvgIpc) is 2.82. The van der Waals surface area contributed by atoms with Gasteiger partial charge in [0.05, 0.1) is 5.69 Å². The van der Waals surface area contributed by atoms with Crippen LogP contribution in [0, 0.1) is 13.8 Å². The summed E-state index contributed by atoms with van der Waals surface area (Å²) in [7, 11) is 0. The van der Waals surface area contributed by atoms with Crippen LogP contribution in [0.2, 0.25) is 0 Å². The van der Waals surface area contributed by atoms with Gasteiger partial charge in [-0.05, 0) is 44.5 Å². The Kier molecular flexibility index (Phi) is 9.48. The summed E-state index contributed by atoms with van der Waals surface area (Å²) in [5.41, 5.74) is 8.34. The lowest BCUT2D eigenvalue weighted by Crippen LogP contribution is -2.23. The van der Waals surface area contributed by atoms with Gasteiger partial charge in [-0.3, -0.25) is 4.79 Å². The van der Waals surface area contributed by atoms with Crippen molar-refractivity contribution in [1.29, 1.82) is 0 Å². The Morgan fingerprint density at radius 1 is 1.30 bits per heavy atom. The number of pyridine rings is 1. The van der Waals surface area contributed by atoms with Crippen LogP contribution >= 0.6 is 24.8 Å². The Hall–Kier alpha value is -1.63. The third-order valence-electron chi connectivity index (χ3n) is 3.13. The van der Waals surface area contributed by atoms with Crippen LogP contribution in [0.25, 0.3) is 5.82 Å². The lowest BCUT2D eigenvalue weighted by molar-refractivity contribution is -0.121. The highest BCUT2D eigenvalue weighted by atomic mass is 35.5. The first-order chi connectivity index (χ1) is 10.1. The van der Waals surface area contributed by atoms with Crippen LogP contribution in [0.1, 0.15) is 29.8 Å². The molecule has 0 aliphatic heterocycles. The van der Waals surface area contributed by atoms with E-state index in [-0.39, 0.29) is 30.7 Å². The number of nitrogens with one attached hydrogen (secondary N) is 1.